The maximum atomic E-state index is 12.1. The van der Waals surface area contributed by atoms with Gasteiger partial charge in [-0.3, -0.25) is 9.69 Å². The van der Waals surface area contributed by atoms with Crippen LogP contribution in [0.3, 0.4) is 0 Å². The van der Waals surface area contributed by atoms with E-state index < -0.39 is 0 Å². The normalized spacial score (nSPS) is 20.3. The van der Waals surface area contributed by atoms with Crippen LogP contribution in [-0.2, 0) is 11.3 Å². The van der Waals surface area contributed by atoms with Gasteiger partial charge in [0.25, 0.3) is 0 Å². The third-order valence-corrected chi connectivity index (χ3v) is 5.05. The van der Waals surface area contributed by atoms with Gasteiger partial charge in [0.15, 0.2) is 11.5 Å². The van der Waals surface area contributed by atoms with Crippen molar-refractivity contribution in [1.82, 2.24) is 10.2 Å². The molecule has 1 amide bonds. The van der Waals surface area contributed by atoms with Crippen LogP contribution in [-0.4, -0.2) is 37.1 Å². The van der Waals surface area contributed by atoms with E-state index >= 15 is 0 Å². The second kappa shape index (κ2) is 7.56. The number of carbonyl (C=O) groups excluding carboxylic acids is 1. The third-order valence-electron chi connectivity index (χ3n) is 4.77. The molecule has 2 heterocycles. The van der Waals surface area contributed by atoms with Crippen molar-refractivity contribution in [2.24, 2.45) is 0 Å². The Balaban J connectivity index is 1.62. The lowest BCUT2D eigenvalue weighted by Crippen LogP contribution is -2.30. The van der Waals surface area contributed by atoms with Gasteiger partial charge in [0, 0.05) is 32.1 Å². The first-order valence-electron chi connectivity index (χ1n) is 8.84. The van der Waals surface area contributed by atoms with Gasteiger partial charge in [-0.15, -0.1) is 0 Å². The molecular weight excluding hydrogens is 352 g/mol. The highest BCUT2D eigenvalue weighted by molar-refractivity contribution is 6.32. The van der Waals surface area contributed by atoms with Crippen LogP contribution in [0.4, 0.5) is 0 Å². The summed E-state index contributed by atoms with van der Waals surface area (Å²) in [5, 5.41) is 3.54. The minimum atomic E-state index is 0.0330. The molecule has 0 saturated carbocycles. The fraction of sp³-hybridized carbons (Fsp3) is 0.350. The van der Waals surface area contributed by atoms with Crippen molar-refractivity contribution in [3.8, 4) is 11.5 Å². The third kappa shape index (κ3) is 3.64. The van der Waals surface area contributed by atoms with Gasteiger partial charge >= 0.3 is 0 Å². The quantitative estimate of drug-likeness (QED) is 0.899. The molecule has 0 aliphatic carbocycles. The van der Waals surface area contributed by atoms with E-state index in [-0.39, 0.29) is 11.9 Å². The zero-order valence-electron chi connectivity index (χ0n) is 14.4. The van der Waals surface area contributed by atoms with Gasteiger partial charge in [-0.25, -0.2) is 0 Å². The number of carbonyl (C=O) groups is 1. The van der Waals surface area contributed by atoms with Crippen LogP contribution in [0.25, 0.3) is 0 Å². The highest BCUT2D eigenvalue weighted by Gasteiger charge is 2.27. The van der Waals surface area contributed by atoms with E-state index in [4.69, 9.17) is 21.1 Å². The number of hydrogen-bond acceptors (Lipinski definition) is 4. The van der Waals surface area contributed by atoms with Gasteiger partial charge < -0.3 is 14.8 Å². The molecule has 0 spiro atoms. The van der Waals surface area contributed by atoms with Crippen LogP contribution in [0.15, 0.2) is 42.5 Å². The molecule has 2 aliphatic heterocycles. The van der Waals surface area contributed by atoms with E-state index in [0.29, 0.717) is 49.2 Å². The Morgan fingerprint density at radius 1 is 1.15 bits per heavy atom. The van der Waals surface area contributed by atoms with Crippen LogP contribution in [0, 0.1) is 0 Å². The Labute approximate surface area is 157 Å². The molecule has 2 aromatic rings. The maximum Gasteiger partial charge on any atom is 0.221 e. The second-order valence-corrected chi connectivity index (χ2v) is 6.96. The molecule has 136 valence electrons. The van der Waals surface area contributed by atoms with Crippen LogP contribution < -0.4 is 14.8 Å². The summed E-state index contributed by atoms with van der Waals surface area (Å²) in [7, 11) is 0. The molecule has 1 unspecified atom stereocenters. The highest BCUT2D eigenvalue weighted by atomic mass is 35.5. The van der Waals surface area contributed by atoms with Gasteiger partial charge in [0.1, 0.15) is 13.2 Å². The summed E-state index contributed by atoms with van der Waals surface area (Å²) < 4.78 is 11.3. The molecule has 1 atom stereocenters. The number of fused-ring (bicyclic) bond motifs is 1. The molecule has 26 heavy (non-hydrogen) atoms. The summed E-state index contributed by atoms with van der Waals surface area (Å²) in [4.78, 5) is 14.4. The SMILES string of the molecule is O=C1CC(c2ccccc2)N(Cc2cc(Cl)c3c(c2)OCCO3)CCN1. The number of amides is 1. The van der Waals surface area contributed by atoms with Crippen molar-refractivity contribution in [1.29, 1.82) is 0 Å². The topological polar surface area (TPSA) is 50.8 Å². The lowest BCUT2D eigenvalue weighted by molar-refractivity contribution is -0.121. The van der Waals surface area contributed by atoms with Crippen LogP contribution in [0.5, 0.6) is 11.5 Å². The zero-order valence-corrected chi connectivity index (χ0v) is 15.2. The monoisotopic (exact) mass is 372 g/mol. The molecule has 0 aromatic heterocycles. The Bertz CT molecular complexity index is 797. The lowest BCUT2D eigenvalue weighted by Gasteiger charge is -2.30. The number of ether oxygens (including phenoxy) is 2. The molecule has 4 rings (SSSR count). The van der Waals surface area contributed by atoms with Crippen LogP contribution in [0.2, 0.25) is 5.02 Å². The molecule has 1 saturated heterocycles. The fourth-order valence-corrected chi connectivity index (χ4v) is 3.84. The van der Waals surface area contributed by atoms with Crippen molar-refractivity contribution in [2.45, 2.75) is 19.0 Å². The Morgan fingerprint density at radius 2 is 1.96 bits per heavy atom. The summed E-state index contributed by atoms with van der Waals surface area (Å²) in [6.45, 7) is 3.15. The second-order valence-electron chi connectivity index (χ2n) is 6.55. The first kappa shape index (κ1) is 17.2. The van der Waals surface area contributed by atoms with Gasteiger partial charge in [0.05, 0.1) is 5.02 Å². The smallest absolute Gasteiger partial charge is 0.221 e. The zero-order chi connectivity index (χ0) is 17.9. The molecular formula is C20H21ClN2O3. The van der Waals surface area contributed by atoms with Crippen LogP contribution >= 0.6 is 11.6 Å². The molecule has 0 bridgehead atoms. The minimum absolute atomic E-state index is 0.0330. The van der Waals surface area contributed by atoms with E-state index in [1.54, 1.807) is 0 Å². The molecule has 0 radical (unpaired) electrons. The van der Waals surface area contributed by atoms with E-state index in [1.807, 2.05) is 30.3 Å². The average Bonchev–Trinajstić information content (AvgIpc) is 2.84. The first-order chi connectivity index (χ1) is 12.7. The van der Waals surface area contributed by atoms with Crippen molar-refractivity contribution in [3.05, 3.63) is 58.6 Å². The number of hydrogen-bond donors (Lipinski definition) is 1. The van der Waals surface area contributed by atoms with E-state index in [2.05, 4.69) is 22.3 Å². The average molecular weight is 373 g/mol. The molecule has 2 aliphatic rings. The fourth-order valence-electron chi connectivity index (χ4n) is 3.55. The Morgan fingerprint density at radius 3 is 2.81 bits per heavy atom. The number of halogens is 1. The van der Waals surface area contributed by atoms with Gasteiger partial charge in [0.2, 0.25) is 5.91 Å². The standard InChI is InChI=1S/C20H21ClN2O3/c21-16-10-14(11-18-20(16)26-9-8-25-18)13-23-7-6-22-19(24)12-17(23)15-4-2-1-3-5-15/h1-5,10-11,17H,6-9,12-13H2,(H,22,24). The van der Waals surface area contributed by atoms with E-state index in [1.165, 1.54) is 0 Å². The van der Waals surface area contributed by atoms with Crippen LogP contribution in [0.1, 0.15) is 23.6 Å². The first-order valence-corrected chi connectivity index (χ1v) is 9.22. The molecule has 6 heteroatoms. The van der Waals surface area contributed by atoms with Gasteiger partial charge in [-0.05, 0) is 23.3 Å². The summed E-state index contributed by atoms with van der Waals surface area (Å²) in [6, 6.07) is 14.1. The van der Waals surface area contributed by atoms with Crippen molar-refractivity contribution < 1.29 is 14.3 Å². The van der Waals surface area contributed by atoms with Gasteiger partial charge in [-0.1, -0.05) is 41.9 Å². The summed E-state index contributed by atoms with van der Waals surface area (Å²) in [6.07, 6.45) is 0.447. The molecule has 5 nitrogen and oxygen atoms in total. The maximum absolute atomic E-state index is 12.1. The number of nitrogens with one attached hydrogen (secondary N) is 1. The number of nitrogens with zero attached hydrogens (tertiary/aromatic N) is 1. The predicted octanol–water partition coefficient (Wildman–Crippen LogP) is 3.17. The molecule has 1 N–H and O–H groups in total. The highest BCUT2D eigenvalue weighted by Crippen LogP contribution is 2.39. The van der Waals surface area contributed by atoms with E-state index in [9.17, 15) is 4.79 Å². The van der Waals surface area contributed by atoms with Crippen molar-refractivity contribution in [2.75, 3.05) is 26.3 Å². The number of benzene rings is 2. The summed E-state index contributed by atoms with van der Waals surface area (Å²) in [5.41, 5.74) is 2.20. The largest absolute Gasteiger partial charge is 0.486 e. The Kier molecular flexibility index (Phi) is 5.00. The summed E-state index contributed by atoms with van der Waals surface area (Å²) >= 11 is 6.38. The lowest BCUT2D eigenvalue weighted by atomic mass is 10.0. The molecule has 2 aromatic carbocycles. The Hall–Kier alpha value is -2.24. The van der Waals surface area contributed by atoms with Crippen molar-refractivity contribution in [3.63, 3.8) is 0 Å². The number of rotatable bonds is 3. The van der Waals surface area contributed by atoms with E-state index in [0.717, 1.165) is 17.7 Å². The molecule has 1 fully saturated rings. The van der Waals surface area contributed by atoms with Crippen molar-refractivity contribution >= 4 is 17.5 Å². The summed E-state index contributed by atoms with van der Waals surface area (Å²) in [5.74, 6) is 1.40. The minimum Gasteiger partial charge on any atom is -0.486 e. The predicted molar refractivity (Wildman–Crippen MR) is 99.7 cm³/mol. The van der Waals surface area contributed by atoms with Gasteiger partial charge in [-0.2, -0.15) is 0 Å².